The second kappa shape index (κ2) is 7.53. The SMILES string of the molecule is CCC1(C(=O)NS(=O)(=O)c2cc(C)ccc2C(C)C)CCc2c(Cl)cccc21. The average molecular weight is 420 g/mol. The maximum atomic E-state index is 13.3. The van der Waals surface area contributed by atoms with Gasteiger partial charge in [0.25, 0.3) is 10.0 Å². The van der Waals surface area contributed by atoms with Crippen molar-refractivity contribution < 1.29 is 13.2 Å². The normalized spacial score (nSPS) is 18.9. The monoisotopic (exact) mass is 419 g/mol. The Hall–Kier alpha value is -1.85. The van der Waals surface area contributed by atoms with Crippen LogP contribution in [0.25, 0.3) is 0 Å². The van der Waals surface area contributed by atoms with Crippen LogP contribution in [0.15, 0.2) is 41.3 Å². The van der Waals surface area contributed by atoms with E-state index in [4.69, 9.17) is 11.6 Å². The van der Waals surface area contributed by atoms with Crippen LogP contribution in [0.2, 0.25) is 5.02 Å². The average Bonchev–Trinajstić information content (AvgIpc) is 3.02. The molecule has 1 aliphatic carbocycles. The fourth-order valence-corrected chi connectivity index (χ4v) is 5.90. The molecule has 0 aliphatic heterocycles. The van der Waals surface area contributed by atoms with Crippen LogP contribution in [-0.2, 0) is 26.7 Å². The summed E-state index contributed by atoms with van der Waals surface area (Å²) in [6.45, 7) is 7.63. The number of rotatable bonds is 5. The van der Waals surface area contributed by atoms with Crippen LogP contribution in [0.1, 0.15) is 61.8 Å². The van der Waals surface area contributed by atoms with Gasteiger partial charge in [0.15, 0.2) is 0 Å². The molecule has 4 nitrogen and oxygen atoms in total. The quantitative estimate of drug-likeness (QED) is 0.751. The summed E-state index contributed by atoms with van der Waals surface area (Å²) in [5.74, 6) is -0.458. The van der Waals surface area contributed by atoms with Crippen molar-refractivity contribution in [1.29, 1.82) is 0 Å². The Morgan fingerprint density at radius 3 is 2.61 bits per heavy atom. The van der Waals surface area contributed by atoms with E-state index in [1.807, 2.05) is 58.0 Å². The maximum Gasteiger partial charge on any atom is 0.264 e. The number of carbonyl (C=O) groups excluding carboxylic acids is 1. The summed E-state index contributed by atoms with van der Waals surface area (Å²) in [4.78, 5) is 13.5. The van der Waals surface area contributed by atoms with Crippen LogP contribution >= 0.6 is 11.6 Å². The van der Waals surface area contributed by atoms with E-state index < -0.39 is 21.3 Å². The van der Waals surface area contributed by atoms with E-state index >= 15 is 0 Å². The first-order valence-corrected chi connectivity index (χ1v) is 11.4. The van der Waals surface area contributed by atoms with Gasteiger partial charge in [-0.3, -0.25) is 4.79 Å². The Kier molecular flexibility index (Phi) is 5.61. The summed E-state index contributed by atoms with van der Waals surface area (Å²) in [7, 11) is -3.99. The number of benzene rings is 2. The fraction of sp³-hybridized carbons (Fsp3) is 0.409. The molecular formula is C22H26ClNO3S. The highest BCUT2D eigenvalue weighted by atomic mass is 35.5. The van der Waals surface area contributed by atoms with E-state index in [0.717, 1.165) is 16.7 Å². The molecule has 1 aliphatic rings. The van der Waals surface area contributed by atoms with E-state index in [1.54, 1.807) is 6.07 Å². The lowest BCUT2D eigenvalue weighted by Gasteiger charge is -2.28. The first kappa shape index (κ1) is 20.9. The lowest BCUT2D eigenvalue weighted by atomic mass is 9.79. The fourth-order valence-electron chi connectivity index (χ4n) is 4.12. The molecule has 0 aromatic heterocycles. The van der Waals surface area contributed by atoms with E-state index in [0.29, 0.717) is 29.8 Å². The molecule has 6 heteroatoms. The van der Waals surface area contributed by atoms with Crippen LogP contribution < -0.4 is 4.72 Å². The van der Waals surface area contributed by atoms with Crippen LogP contribution in [-0.4, -0.2) is 14.3 Å². The van der Waals surface area contributed by atoms with Gasteiger partial charge in [0.1, 0.15) is 0 Å². The number of fused-ring (bicyclic) bond motifs is 1. The number of halogens is 1. The molecule has 0 fully saturated rings. The van der Waals surface area contributed by atoms with Gasteiger partial charge >= 0.3 is 0 Å². The zero-order valence-corrected chi connectivity index (χ0v) is 18.2. The summed E-state index contributed by atoms with van der Waals surface area (Å²) in [5.41, 5.74) is 2.43. The summed E-state index contributed by atoms with van der Waals surface area (Å²) < 4.78 is 28.7. The van der Waals surface area contributed by atoms with E-state index in [1.165, 1.54) is 0 Å². The molecule has 0 bridgehead atoms. The highest BCUT2D eigenvalue weighted by Gasteiger charge is 2.45. The third-order valence-corrected chi connectivity index (χ3v) is 7.52. The Morgan fingerprint density at radius 1 is 1.25 bits per heavy atom. The first-order valence-electron chi connectivity index (χ1n) is 9.58. The Balaban J connectivity index is 2.02. The zero-order chi connectivity index (χ0) is 20.7. The van der Waals surface area contributed by atoms with Crippen molar-refractivity contribution in [3.05, 3.63) is 63.7 Å². The highest BCUT2D eigenvalue weighted by molar-refractivity contribution is 7.90. The predicted octanol–water partition coefficient (Wildman–Crippen LogP) is 4.87. The largest absolute Gasteiger partial charge is 0.273 e. The molecule has 0 spiro atoms. The molecular weight excluding hydrogens is 394 g/mol. The molecule has 0 saturated heterocycles. The van der Waals surface area contributed by atoms with Gasteiger partial charge in [-0.15, -0.1) is 0 Å². The predicted molar refractivity (Wildman–Crippen MR) is 112 cm³/mol. The second-order valence-corrected chi connectivity index (χ2v) is 9.89. The minimum atomic E-state index is -3.99. The smallest absolute Gasteiger partial charge is 0.264 e. The van der Waals surface area contributed by atoms with Gasteiger partial charge in [-0.1, -0.05) is 56.6 Å². The van der Waals surface area contributed by atoms with Gasteiger partial charge in [0.2, 0.25) is 5.91 Å². The molecule has 2 aromatic carbocycles. The van der Waals surface area contributed by atoms with Gasteiger partial charge in [-0.2, -0.15) is 0 Å². The lowest BCUT2D eigenvalue weighted by Crippen LogP contribution is -2.45. The molecule has 1 atom stereocenters. The molecule has 0 heterocycles. The molecule has 150 valence electrons. The Morgan fingerprint density at radius 2 is 1.96 bits per heavy atom. The third kappa shape index (κ3) is 3.46. The summed E-state index contributed by atoms with van der Waals surface area (Å²) in [6, 6.07) is 10.8. The molecule has 1 N–H and O–H groups in total. The van der Waals surface area contributed by atoms with Crippen molar-refractivity contribution in [3.8, 4) is 0 Å². The summed E-state index contributed by atoms with van der Waals surface area (Å²) in [5, 5.41) is 0.629. The number of sulfonamides is 1. The number of carbonyl (C=O) groups is 1. The molecule has 1 amide bonds. The summed E-state index contributed by atoms with van der Waals surface area (Å²) >= 11 is 6.31. The number of hydrogen-bond donors (Lipinski definition) is 1. The van der Waals surface area contributed by atoms with Crippen LogP contribution in [0.4, 0.5) is 0 Å². The Bertz CT molecular complexity index is 1030. The van der Waals surface area contributed by atoms with E-state index in [-0.39, 0.29) is 10.8 Å². The van der Waals surface area contributed by atoms with Crippen molar-refractivity contribution in [2.45, 2.75) is 63.2 Å². The van der Waals surface area contributed by atoms with Gasteiger partial charge in [-0.05, 0) is 66.5 Å². The maximum absolute atomic E-state index is 13.3. The molecule has 3 rings (SSSR count). The van der Waals surface area contributed by atoms with Crippen molar-refractivity contribution in [2.75, 3.05) is 0 Å². The van der Waals surface area contributed by atoms with E-state index in [2.05, 4.69) is 4.72 Å². The number of nitrogens with one attached hydrogen (secondary N) is 1. The highest BCUT2D eigenvalue weighted by Crippen LogP contribution is 2.44. The molecule has 2 aromatic rings. The van der Waals surface area contributed by atoms with Gasteiger partial charge in [-0.25, -0.2) is 13.1 Å². The van der Waals surface area contributed by atoms with Crippen molar-refractivity contribution in [2.24, 2.45) is 0 Å². The number of hydrogen-bond acceptors (Lipinski definition) is 3. The minimum Gasteiger partial charge on any atom is -0.273 e. The van der Waals surface area contributed by atoms with Crippen molar-refractivity contribution in [1.82, 2.24) is 4.72 Å². The number of aryl methyl sites for hydroxylation is 1. The molecule has 1 unspecified atom stereocenters. The summed E-state index contributed by atoms with van der Waals surface area (Å²) in [6.07, 6.45) is 1.72. The molecule has 0 saturated carbocycles. The minimum absolute atomic E-state index is 0.0217. The van der Waals surface area contributed by atoms with E-state index in [9.17, 15) is 13.2 Å². The zero-order valence-electron chi connectivity index (χ0n) is 16.7. The molecule has 28 heavy (non-hydrogen) atoms. The number of amides is 1. The topological polar surface area (TPSA) is 63.2 Å². The van der Waals surface area contributed by atoms with Gasteiger partial charge in [0, 0.05) is 5.02 Å². The second-order valence-electron chi connectivity index (χ2n) is 7.83. The third-order valence-electron chi connectivity index (χ3n) is 5.78. The first-order chi connectivity index (χ1) is 13.1. The van der Waals surface area contributed by atoms with Crippen molar-refractivity contribution in [3.63, 3.8) is 0 Å². The van der Waals surface area contributed by atoms with Gasteiger partial charge in [0.05, 0.1) is 10.3 Å². The lowest BCUT2D eigenvalue weighted by molar-refractivity contribution is -0.125. The van der Waals surface area contributed by atoms with Crippen LogP contribution in [0.3, 0.4) is 0 Å². The van der Waals surface area contributed by atoms with Gasteiger partial charge < -0.3 is 0 Å². The standard InChI is InChI=1S/C22H26ClNO3S/c1-5-22(12-11-17-18(22)7-6-8-19(17)23)21(25)24-28(26,27)20-13-15(4)9-10-16(20)14(2)3/h6-10,13-14H,5,11-12H2,1-4H3,(H,24,25). The Labute approximate surface area is 172 Å². The van der Waals surface area contributed by atoms with Crippen molar-refractivity contribution >= 4 is 27.5 Å². The molecule has 0 radical (unpaired) electrons. The van der Waals surface area contributed by atoms with Crippen LogP contribution in [0, 0.1) is 6.92 Å². The van der Waals surface area contributed by atoms with Crippen LogP contribution in [0.5, 0.6) is 0 Å².